The van der Waals surface area contributed by atoms with Gasteiger partial charge >= 0.3 is 0 Å². The molecule has 1 heterocycles. The van der Waals surface area contributed by atoms with Gasteiger partial charge in [-0.25, -0.2) is 0 Å². The zero-order chi connectivity index (χ0) is 15.1. The summed E-state index contributed by atoms with van der Waals surface area (Å²) in [7, 11) is 0. The molecule has 4 heteroatoms. The van der Waals surface area contributed by atoms with Crippen LogP contribution in [0.3, 0.4) is 0 Å². The van der Waals surface area contributed by atoms with E-state index in [2.05, 4.69) is 0 Å². The molecule has 0 radical (unpaired) electrons. The summed E-state index contributed by atoms with van der Waals surface area (Å²) in [5, 5.41) is 19.6. The van der Waals surface area contributed by atoms with Crippen LogP contribution < -0.4 is 5.43 Å². The Morgan fingerprint density at radius 1 is 1.00 bits per heavy atom. The molecule has 0 aliphatic rings. The van der Waals surface area contributed by atoms with Gasteiger partial charge in [0.05, 0.1) is 10.9 Å². The van der Waals surface area contributed by atoms with Crippen LogP contribution in [-0.2, 0) is 0 Å². The number of aromatic hydroxyl groups is 2. The average molecular weight is 282 g/mol. The average Bonchev–Trinajstić information content (AvgIpc) is 2.46. The van der Waals surface area contributed by atoms with E-state index in [1.165, 1.54) is 24.5 Å². The molecule has 2 N–H and O–H groups in total. The molecule has 0 fully saturated rings. The van der Waals surface area contributed by atoms with Gasteiger partial charge in [-0.1, -0.05) is 12.1 Å². The quantitative estimate of drug-likeness (QED) is 0.716. The largest absolute Gasteiger partial charge is 0.508 e. The first-order valence-electron chi connectivity index (χ1n) is 6.53. The van der Waals surface area contributed by atoms with Crippen LogP contribution in [0.15, 0.2) is 45.8 Å². The summed E-state index contributed by atoms with van der Waals surface area (Å²) in [4.78, 5) is 12.7. The van der Waals surface area contributed by atoms with E-state index < -0.39 is 0 Å². The van der Waals surface area contributed by atoms with Crippen LogP contribution >= 0.6 is 0 Å². The van der Waals surface area contributed by atoms with E-state index in [-0.39, 0.29) is 16.9 Å². The van der Waals surface area contributed by atoms with Gasteiger partial charge in [0, 0.05) is 6.07 Å². The van der Waals surface area contributed by atoms with Crippen molar-refractivity contribution in [2.45, 2.75) is 13.8 Å². The number of aryl methyl sites for hydroxylation is 1. The number of hydrogen-bond donors (Lipinski definition) is 2. The lowest BCUT2D eigenvalue weighted by Crippen LogP contribution is -2.07. The van der Waals surface area contributed by atoms with E-state index in [4.69, 9.17) is 4.42 Å². The van der Waals surface area contributed by atoms with Crippen LogP contribution in [-0.4, -0.2) is 10.2 Å². The van der Waals surface area contributed by atoms with E-state index >= 15 is 0 Å². The summed E-state index contributed by atoms with van der Waals surface area (Å²) >= 11 is 0. The predicted octanol–water partition coefficient (Wildman–Crippen LogP) is 3.49. The molecule has 0 aliphatic heterocycles. The van der Waals surface area contributed by atoms with Gasteiger partial charge in [-0.05, 0) is 42.7 Å². The second-order valence-electron chi connectivity index (χ2n) is 5.04. The Morgan fingerprint density at radius 3 is 2.33 bits per heavy atom. The molecule has 0 atom stereocenters. The Morgan fingerprint density at radius 2 is 1.67 bits per heavy atom. The predicted molar refractivity (Wildman–Crippen MR) is 80.7 cm³/mol. The Labute approximate surface area is 120 Å². The van der Waals surface area contributed by atoms with Crippen LogP contribution in [0.1, 0.15) is 11.1 Å². The van der Waals surface area contributed by atoms with Crippen LogP contribution in [0.5, 0.6) is 11.5 Å². The summed E-state index contributed by atoms with van der Waals surface area (Å²) in [6.45, 7) is 3.55. The van der Waals surface area contributed by atoms with Gasteiger partial charge in [0.2, 0.25) is 5.43 Å². The molecule has 3 aromatic rings. The van der Waals surface area contributed by atoms with E-state index in [0.29, 0.717) is 33.2 Å². The summed E-state index contributed by atoms with van der Waals surface area (Å²) < 4.78 is 5.50. The Hall–Kier alpha value is -2.75. The van der Waals surface area contributed by atoms with Crippen molar-refractivity contribution in [3.63, 3.8) is 0 Å². The minimum absolute atomic E-state index is 0.112. The van der Waals surface area contributed by atoms with Crippen LogP contribution in [0.25, 0.3) is 22.1 Å². The molecule has 2 aromatic carbocycles. The molecule has 0 bridgehead atoms. The molecule has 0 saturated carbocycles. The van der Waals surface area contributed by atoms with Gasteiger partial charge in [0.15, 0.2) is 0 Å². The van der Waals surface area contributed by atoms with Crippen molar-refractivity contribution < 1.29 is 14.6 Å². The van der Waals surface area contributed by atoms with E-state index in [1.807, 2.05) is 0 Å². The number of benzene rings is 2. The van der Waals surface area contributed by atoms with Gasteiger partial charge in [0.1, 0.15) is 23.3 Å². The van der Waals surface area contributed by atoms with Crippen molar-refractivity contribution in [2.75, 3.05) is 0 Å². The highest BCUT2D eigenvalue weighted by molar-refractivity contribution is 5.86. The molecular weight excluding hydrogens is 268 g/mol. The number of rotatable bonds is 1. The second kappa shape index (κ2) is 4.66. The first-order chi connectivity index (χ1) is 9.99. The number of phenolic OH excluding ortho intramolecular Hbond substituents is 2. The number of phenols is 2. The SMILES string of the molecule is Cc1c(O)cc2occ(-c3ccc(O)cc3)c(=O)c2c1C. The maximum atomic E-state index is 12.7. The zero-order valence-electron chi connectivity index (χ0n) is 11.7. The molecule has 4 nitrogen and oxygen atoms in total. The third-order valence-electron chi connectivity index (χ3n) is 3.79. The molecule has 1 aromatic heterocycles. The van der Waals surface area contributed by atoms with Gasteiger partial charge < -0.3 is 14.6 Å². The lowest BCUT2D eigenvalue weighted by molar-refractivity contribution is 0.469. The minimum atomic E-state index is -0.150. The molecular formula is C17H14O4. The normalized spacial score (nSPS) is 11.0. The molecule has 0 amide bonds. The third kappa shape index (κ3) is 2.05. The Balaban J connectivity index is 2.35. The molecule has 0 saturated heterocycles. The fourth-order valence-corrected chi connectivity index (χ4v) is 2.39. The molecule has 0 spiro atoms. The lowest BCUT2D eigenvalue weighted by atomic mass is 10.00. The standard InChI is InChI=1S/C17H14O4/c1-9-10(2)16-15(7-14(9)19)21-8-13(17(16)20)11-3-5-12(18)6-4-11/h3-8,18-19H,1-2H3. The fraction of sp³-hybridized carbons (Fsp3) is 0.118. The van der Waals surface area contributed by atoms with Gasteiger partial charge in [-0.2, -0.15) is 0 Å². The van der Waals surface area contributed by atoms with E-state index in [1.54, 1.807) is 26.0 Å². The van der Waals surface area contributed by atoms with Gasteiger partial charge in [0.25, 0.3) is 0 Å². The first-order valence-corrected chi connectivity index (χ1v) is 6.53. The molecule has 0 aliphatic carbocycles. The highest BCUT2D eigenvalue weighted by Gasteiger charge is 2.14. The van der Waals surface area contributed by atoms with Crippen molar-refractivity contribution >= 4 is 11.0 Å². The molecule has 3 rings (SSSR count). The summed E-state index contributed by atoms with van der Waals surface area (Å²) in [6, 6.07) is 7.83. The maximum Gasteiger partial charge on any atom is 0.200 e. The second-order valence-corrected chi connectivity index (χ2v) is 5.04. The van der Waals surface area contributed by atoms with Crippen LogP contribution in [0.4, 0.5) is 0 Å². The zero-order valence-corrected chi connectivity index (χ0v) is 11.7. The van der Waals surface area contributed by atoms with E-state index in [0.717, 1.165) is 0 Å². The van der Waals surface area contributed by atoms with Crippen molar-refractivity contribution in [3.8, 4) is 22.6 Å². The van der Waals surface area contributed by atoms with Crippen molar-refractivity contribution in [2.24, 2.45) is 0 Å². The van der Waals surface area contributed by atoms with Crippen molar-refractivity contribution in [1.29, 1.82) is 0 Å². The smallest absolute Gasteiger partial charge is 0.200 e. The minimum Gasteiger partial charge on any atom is -0.508 e. The highest BCUT2D eigenvalue weighted by Crippen LogP contribution is 2.29. The van der Waals surface area contributed by atoms with Crippen molar-refractivity contribution in [3.05, 3.63) is 57.9 Å². The Kier molecular flexibility index (Phi) is 2.94. The summed E-state index contributed by atoms with van der Waals surface area (Å²) in [5.41, 5.74) is 2.69. The number of hydrogen-bond acceptors (Lipinski definition) is 4. The Bertz CT molecular complexity index is 889. The van der Waals surface area contributed by atoms with Crippen LogP contribution in [0.2, 0.25) is 0 Å². The highest BCUT2D eigenvalue weighted by atomic mass is 16.3. The monoisotopic (exact) mass is 282 g/mol. The third-order valence-corrected chi connectivity index (χ3v) is 3.79. The molecule has 106 valence electrons. The molecule has 0 unspecified atom stereocenters. The van der Waals surface area contributed by atoms with Gasteiger partial charge in [-0.3, -0.25) is 4.79 Å². The fourth-order valence-electron chi connectivity index (χ4n) is 2.39. The number of fused-ring (bicyclic) bond motifs is 1. The summed E-state index contributed by atoms with van der Waals surface area (Å²) in [6.07, 6.45) is 1.38. The maximum absolute atomic E-state index is 12.7. The lowest BCUT2D eigenvalue weighted by Gasteiger charge is -2.08. The van der Waals surface area contributed by atoms with Crippen molar-refractivity contribution in [1.82, 2.24) is 0 Å². The van der Waals surface area contributed by atoms with Crippen LogP contribution in [0, 0.1) is 13.8 Å². The van der Waals surface area contributed by atoms with Gasteiger partial charge in [-0.15, -0.1) is 0 Å². The molecule has 21 heavy (non-hydrogen) atoms. The first kappa shape index (κ1) is 13.2. The van der Waals surface area contributed by atoms with E-state index in [9.17, 15) is 15.0 Å². The topological polar surface area (TPSA) is 70.7 Å². The summed E-state index contributed by atoms with van der Waals surface area (Å²) in [5.74, 6) is 0.251.